The fraction of sp³-hybridized carbons (Fsp3) is 0.0833. The molecule has 1 aromatic carbocycles. The minimum absolute atomic E-state index is 1.00. The number of anilines is 2. The zero-order chi connectivity index (χ0) is 11.0. The Bertz CT molecular complexity index is 598. The van der Waals surface area contributed by atoms with Crippen molar-refractivity contribution >= 4 is 33.1 Å². The molecule has 2 aromatic heterocycles. The molecule has 0 radical (unpaired) electrons. The lowest BCUT2D eigenvalue weighted by Crippen LogP contribution is -2.07. The molecular formula is C12H11N3S. The van der Waals surface area contributed by atoms with Gasteiger partial charge in [-0.2, -0.15) is 0 Å². The Morgan fingerprint density at radius 2 is 2.19 bits per heavy atom. The normalized spacial score (nSPS) is 10.8. The molecule has 2 heterocycles. The molecule has 3 aromatic rings. The minimum atomic E-state index is 1.00. The van der Waals surface area contributed by atoms with Gasteiger partial charge < -0.3 is 9.88 Å². The Morgan fingerprint density at radius 3 is 3.00 bits per heavy atom. The van der Waals surface area contributed by atoms with Crippen molar-refractivity contribution in [1.82, 2.24) is 9.97 Å². The zero-order valence-corrected chi connectivity index (χ0v) is 9.66. The molecule has 16 heavy (non-hydrogen) atoms. The summed E-state index contributed by atoms with van der Waals surface area (Å²) in [7, 11) is 2.04. The highest BCUT2D eigenvalue weighted by Gasteiger charge is 2.10. The van der Waals surface area contributed by atoms with E-state index in [0.29, 0.717) is 0 Å². The predicted octanol–water partition coefficient (Wildman–Crippen LogP) is 3.39. The fourth-order valence-corrected chi connectivity index (χ4v) is 2.44. The van der Waals surface area contributed by atoms with Gasteiger partial charge in [0, 0.05) is 35.7 Å². The topological polar surface area (TPSA) is 31.9 Å². The van der Waals surface area contributed by atoms with Gasteiger partial charge in [0.05, 0.1) is 5.69 Å². The van der Waals surface area contributed by atoms with E-state index < -0.39 is 0 Å². The van der Waals surface area contributed by atoms with Crippen LogP contribution in [0.3, 0.4) is 0 Å². The van der Waals surface area contributed by atoms with Crippen molar-refractivity contribution in [3.8, 4) is 0 Å². The first kappa shape index (κ1) is 9.42. The van der Waals surface area contributed by atoms with Crippen molar-refractivity contribution in [2.24, 2.45) is 0 Å². The van der Waals surface area contributed by atoms with Crippen LogP contribution >= 0.6 is 11.3 Å². The summed E-state index contributed by atoms with van der Waals surface area (Å²) in [6.07, 6.45) is 3.84. The lowest BCUT2D eigenvalue weighted by molar-refractivity contribution is 1.18. The number of nitrogens with one attached hydrogen (secondary N) is 1. The number of fused-ring (bicyclic) bond motifs is 1. The molecule has 0 atom stereocenters. The van der Waals surface area contributed by atoms with Crippen LogP contribution in [0.25, 0.3) is 10.9 Å². The molecule has 0 bridgehead atoms. The number of hydrogen-bond donors (Lipinski definition) is 1. The fourth-order valence-electron chi connectivity index (χ4n) is 1.82. The van der Waals surface area contributed by atoms with Gasteiger partial charge in [-0.1, -0.05) is 18.2 Å². The molecule has 0 amide bonds. The molecule has 0 aliphatic carbocycles. The summed E-state index contributed by atoms with van der Waals surface area (Å²) >= 11 is 1.64. The predicted molar refractivity (Wildman–Crippen MR) is 68.5 cm³/mol. The van der Waals surface area contributed by atoms with E-state index in [4.69, 9.17) is 0 Å². The zero-order valence-electron chi connectivity index (χ0n) is 8.84. The summed E-state index contributed by atoms with van der Waals surface area (Å²) in [5.74, 6) is 0. The number of benzene rings is 1. The first-order valence-electron chi connectivity index (χ1n) is 5.05. The second kappa shape index (κ2) is 3.64. The lowest BCUT2D eigenvalue weighted by Gasteiger charge is -2.14. The van der Waals surface area contributed by atoms with Crippen molar-refractivity contribution in [3.63, 3.8) is 0 Å². The summed E-state index contributed by atoms with van der Waals surface area (Å²) < 4.78 is 0. The number of rotatable bonds is 2. The standard InChI is InChI=1S/C12H11N3S/c1-15(12-13-6-7-16-12)11-8-14-10-5-3-2-4-9(10)11/h2-8,14H,1H3. The maximum absolute atomic E-state index is 4.31. The van der Waals surface area contributed by atoms with Crippen LogP contribution in [0.5, 0.6) is 0 Å². The molecule has 0 saturated heterocycles. The minimum Gasteiger partial charge on any atom is -0.359 e. The Balaban J connectivity index is 2.12. The summed E-state index contributed by atoms with van der Waals surface area (Å²) in [4.78, 5) is 9.68. The SMILES string of the molecule is CN(c1nccs1)c1c[nH]c2ccccc12. The van der Waals surface area contributed by atoms with E-state index in [1.165, 1.54) is 5.39 Å². The van der Waals surface area contributed by atoms with Crippen molar-refractivity contribution < 1.29 is 0 Å². The number of aromatic amines is 1. The monoisotopic (exact) mass is 229 g/mol. The first-order chi connectivity index (χ1) is 7.86. The average Bonchev–Trinajstić information content (AvgIpc) is 2.98. The molecule has 0 saturated carbocycles. The number of aromatic nitrogens is 2. The number of nitrogens with zero attached hydrogens (tertiary/aromatic N) is 2. The first-order valence-corrected chi connectivity index (χ1v) is 5.93. The average molecular weight is 229 g/mol. The van der Waals surface area contributed by atoms with Gasteiger partial charge in [-0.15, -0.1) is 11.3 Å². The van der Waals surface area contributed by atoms with Crippen molar-refractivity contribution in [2.45, 2.75) is 0 Å². The number of thiazole rings is 1. The van der Waals surface area contributed by atoms with Crippen LogP contribution in [-0.4, -0.2) is 17.0 Å². The van der Waals surface area contributed by atoms with E-state index in [1.807, 2.05) is 30.9 Å². The van der Waals surface area contributed by atoms with Crippen LogP contribution in [0.15, 0.2) is 42.0 Å². The third-order valence-electron chi connectivity index (χ3n) is 2.63. The Kier molecular flexibility index (Phi) is 2.15. The molecule has 0 unspecified atom stereocenters. The van der Waals surface area contributed by atoms with Crippen LogP contribution in [-0.2, 0) is 0 Å². The maximum Gasteiger partial charge on any atom is 0.189 e. The Morgan fingerprint density at radius 1 is 1.31 bits per heavy atom. The number of para-hydroxylation sites is 1. The number of H-pyrrole nitrogens is 1. The van der Waals surface area contributed by atoms with Crippen LogP contribution < -0.4 is 4.90 Å². The molecule has 3 nitrogen and oxygen atoms in total. The summed E-state index contributed by atoms with van der Waals surface area (Å²) in [5, 5.41) is 4.21. The quantitative estimate of drug-likeness (QED) is 0.730. The van der Waals surface area contributed by atoms with Crippen molar-refractivity contribution in [3.05, 3.63) is 42.0 Å². The smallest absolute Gasteiger partial charge is 0.189 e. The number of hydrogen-bond acceptors (Lipinski definition) is 3. The lowest BCUT2D eigenvalue weighted by atomic mass is 10.2. The second-order valence-corrected chi connectivity index (χ2v) is 4.47. The third-order valence-corrected chi connectivity index (χ3v) is 3.48. The molecule has 0 spiro atoms. The second-order valence-electron chi connectivity index (χ2n) is 3.59. The molecule has 80 valence electrons. The van der Waals surface area contributed by atoms with Crippen LogP contribution in [0.1, 0.15) is 0 Å². The van der Waals surface area contributed by atoms with Crippen molar-refractivity contribution in [2.75, 3.05) is 11.9 Å². The third kappa shape index (κ3) is 1.39. The summed E-state index contributed by atoms with van der Waals surface area (Å²) in [6.45, 7) is 0. The van der Waals surface area contributed by atoms with E-state index in [-0.39, 0.29) is 0 Å². The van der Waals surface area contributed by atoms with Gasteiger partial charge in [0.1, 0.15) is 0 Å². The molecule has 0 fully saturated rings. The highest BCUT2D eigenvalue weighted by atomic mass is 32.1. The van der Waals surface area contributed by atoms with Gasteiger partial charge in [0.15, 0.2) is 5.13 Å². The van der Waals surface area contributed by atoms with E-state index in [9.17, 15) is 0 Å². The summed E-state index contributed by atoms with van der Waals surface area (Å²) in [6, 6.07) is 8.28. The van der Waals surface area contributed by atoms with Crippen LogP contribution in [0, 0.1) is 0 Å². The Labute approximate surface area is 97.4 Å². The Hall–Kier alpha value is -1.81. The summed E-state index contributed by atoms with van der Waals surface area (Å²) in [5.41, 5.74) is 2.31. The maximum atomic E-state index is 4.31. The van der Waals surface area contributed by atoms with Gasteiger partial charge in [0.25, 0.3) is 0 Å². The van der Waals surface area contributed by atoms with E-state index in [0.717, 1.165) is 16.3 Å². The van der Waals surface area contributed by atoms with Crippen LogP contribution in [0.2, 0.25) is 0 Å². The van der Waals surface area contributed by atoms with Gasteiger partial charge in [-0.25, -0.2) is 4.98 Å². The van der Waals surface area contributed by atoms with Gasteiger partial charge in [-0.05, 0) is 6.07 Å². The van der Waals surface area contributed by atoms with Gasteiger partial charge in [-0.3, -0.25) is 0 Å². The molecular weight excluding hydrogens is 218 g/mol. The van der Waals surface area contributed by atoms with E-state index >= 15 is 0 Å². The van der Waals surface area contributed by atoms with Gasteiger partial charge in [0.2, 0.25) is 0 Å². The van der Waals surface area contributed by atoms with E-state index in [1.54, 1.807) is 11.3 Å². The molecule has 4 heteroatoms. The molecule has 1 N–H and O–H groups in total. The highest BCUT2D eigenvalue weighted by molar-refractivity contribution is 7.13. The largest absolute Gasteiger partial charge is 0.359 e. The molecule has 0 aliphatic heterocycles. The van der Waals surface area contributed by atoms with Crippen molar-refractivity contribution in [1.29, 1.82) is 0 Å². The highest BCUT2D eigenvalue weighted by Crippen LogP contribution is 2.31. The molecule has 0 aliphatic rings. The van der Waals surface area contributed by atoms with E-state index in [2.05, 4.69) is 33.1 Å². The van der Waals surface area contributed by atoms with Gasteiger partial charge >= 0.3 is 0 Å². The molecule has 3 rings (SSSR count). The van der Waals surface area contributed by atoms with Crippen LogP contribution in [0.4, 0.5) is 10.8 Å².